The number of ether oxygens (including phenoxy) is 1. The van der Waals surface area contributed by atoms with Crippen LogP contribution in [0.3, 0.4) is 0 Å². The minimum Gasteiger partial charge on any atom is -0.379 e. The monoisotopic (exact) mass is 385 g/mol. The van der Waals surface area contributed by atoms with E-state index in [0.717, 1.165) is 17.3 Å². The van der Waals surface area contributed by atoms with Gasteiger partial charge in [-0.1, -0.05) is 5.21 Å². The first-order valence-electron chi connectivity index (χ1n) is 8.58. The third-order valence-corrected chi connectivity index (χ3v) is 4.69. The first-order valence-corrected chi connectivity index (χ1v) is 8.58. The van der Waals surface area contributed by atoms with Crippen LogP contribution in [-0.2, 0) is 11.3 Å². The van der Waals surface area contributed by atoms with Crippen LogP contribution in [-0.4, -0.2) is 56.6 Å². The van der Waals surface area contributed by atoms with Crippen molar-refractivity contribution in [1.29, 1.82) is 0 Å². The molecule has 2 N–H and O–H groups in total. The van der Waals surface area contributed by atoms with E-state index < -0.39 is 18.1 Å². The molecule has 0 aliphatic carbocycles. The number of nitrogens with zero attached hydrogens (tertiary/aromatic N) is 5. The average Bonchev–Trinajstić information content (AvgIpc) is 3.37. The smallest absolute Gasteiger partial charge is 0.379 e. The van der Waals surface area contributed by atoms with Gasteiger partial charge in [-0.15, -0.1) is 5.10 Å². The maximum atomic E-state index is 13.1. The second kappa shape index (κ2) is 6.83. The van der Waals surface area contributed by atoms with Crippen molar-refractivity contribution < 1.29 is 22.7 Å². The summed E-state index contributed by atoms with van der Waals surface area (Å²) in [6, 6.07) is -1.60. The number of carbonyl (C=O) groups is 1. The largest absolute Gasteiger partial charge is 0.410 e. The predicted octanol–water partition coefficient (Wildman–Crippen LogP) is 1.28. The molecule has 4 rings (SSSR count). The summed E-state index contributed by atoms with van der Waals surface area (Å²) in [5.41, 5.74) is 0.623. The predicted molar refractivity (Wildman–Crippen MR) is 86.1 cm³/mol. The molecule has 1 fully saturated rings. The Labute approximate surface area is 151 Å². The minimum absolute atomic E-state index is 0.0699. The molecule has 2 unspecified atom stereocenters. The van der Waals surface area contributed by atoms with Gasteiger partial charge in [0.15, 0.2) is 6.04 Å². The summed E-state index contributed by atoms with van der Waals surface area (Å²) in [5.74, 6) is -0.446. The molecule has 0 saturated carbocycles. The van der Waals surface area contributed by atoms with Crippen LogP contribution in [0.15, 0.2) is 12.4 Å². The molecule has 2 aromatic rings. The first-order chi connectivity index (χ1) is 12.9. The number of halogens is 3. The lowest BCUT2D eigenvalue weighted by Gasteiger charge is -2.27. The summed E-state index contributed by atoms with van der Waals surface area (Å²) in [4.78, 5) is 12.4. The molecule has 146 valence electrons. The van der Waals surface area contributed by atoms with E-state index in [9.17, 15) is 18.0 Å². The van der Waals surface area contributed by atoms with Crippen molar-refractivity contribution in [3.8, 4) is 0 Å². The van der Waals surface area contributed by atoms with E-state index in [4.69, 9.17) is 4.74 Å². The number of rotatable bonds is 4. The lowest BCUT2D eigenvalue weighted by atomic mass is 10.1. The van der Waals surface area contributed by atoms with Crippen LogP contribution in [0.5, 0.6) is 0 Å². The van der Waals surface area contributed by atoms with Gasteiger partial charge in [-0.25, -0.2) is 9.36 Å². The number of aromatic nitrogens is 5. The first kappa shape index (κ1) is 17.8. The molecule has 2 aromatic heterocycles. The fourth-order valence-corrected chi connectivity index (χ4v) is 3.26. The number of amides is 1. The van der Waals surface area contributed by atoms with Crippen LogP contribution in [0.25, 0.3) is 0 Å². The lowest BCUT2D eigenvalue weighted by Crippen LogP contribution is -2.34. The summed E-state index contributed by atoms with van der Waals surface area (Å²) >= 11 is 0. The van der Waals surface area contributed by atoms with Crippen molar-refractivity contribution >= 4 is 11.7 Å². The Bertz CT molecular complexity index is 826. The van der Waals surface area contributed by atoms with Gasteiger partial charge in [0.2, 0.25) is 0 Å². The molecule has 0 radical (unpaired) electrons. The molecule has 9 nitrogen and oxygen atoms in total. The Kier molecular flexibility index (Phi) is 4.50. The van der Waals surface area contributed by atoms with E-state index in [0.29, 0.717) is 18.9 Å². The SMILES string of the molecule is O=C(NCc1cn(C2CCOC2)nn1)c1cnn2c1NCCC2C(F)(F)F. The third-order valence-electron chi connectivity index (χ3n) is 4.69. The van der Waals surface area contributed by atoms with Gasteiger partial charge in [0.1, 0.15) is 17.1 Å². The summed E-state index contributed by atoms with van der Waals surface area (Å²) in [5, 5.41) is 17.3. The quantitative estimate of drug-likeness (QED) is 0.823. The maximum absolute atomic E-state index is 13.1. The molecule has 1 saturated heterocycles. The Morgan fingerprint density at radius 3 is 3.00 bits per heavy atom. The highest BCUT2D eigenvalue weighted by Crippen LogP contribution is 2.38. The normalized spacial score (nSPS) is 22.3. The number of hydrogen-bond donors (Lipinski definition) is 2. The highest BCUT2D eigenvalue weighted by molar-refractivity contribution is 5.98. The summed E-state index contributed by atoms with van der Waals surface area (Å²) < 4.78 is 47.2. The van der Waals surface area contributed by atoms with Crippen LogP contribution in [0, 0.1) is 0 Å². The number of hydrogen-bond acceptors (Lipinski definition) is 6. The molecule has 4 heterocycles. The molecular formula is C15H18F3N7O2. The topological polar surface area (TPSA) is 98.9 Å². The van der Waals surface area contributed by atoms with Crippen molar-refractivity contribution in [3.05, 3.63) is 23.7 Å². The van der Waals surface area contributed by atoms with Crippen LogP contribution in [0.2, 0.25) is 0 Å². The van der Waals surface area contributed by atoms with Crippen LogP contribution < -0.4 is 10.6 Å². The second-order valence-electron chi connectivity index (χ2n) is 6.51. The van der Waals surface area contributed by atoms with E-state index in [-0.39, 0.29) is 36.9 Å². The highest BCUT2D eigenvalue weighted by Gasteiger charge is 2.44. The summed E-state index contributed by atoms with van der Waals surface area (Å²) in [6.07, 6.45) is -0.824. The van der Waals surface area contributed by atoms with Crippen LogP contribution >= 0.6 is 0 Å². The summed E-state index contributed by atoms with van der Waals surface area (Å²) in [7, 11) is 0. The molecule has 0 spiro atoms. The van der Waals surface area contributed by atoms with E-state index >= 15 is 0 Å². The van der Waals surface area contributed by atoms with Crippen molar-refractivity contribution in [2.24, 2.45) is 0 Å². The van der Waals surface area contributed by atoms with Gasteiger partial charge < -0.3 is 15.4 Å². The molecule has 1 amide bonds. The fraction of sp³-hybridized carbons (Fsp3) is 0.600. The van der Waals surface area contributed by atoms with Crippen LogP contribution in [0.4, 0.5) is 19.0 Å². The number of fused-ring (bicyclic) bond motifs is 1. The zero-order valence-electron chi connectivity index (χ0n) is 14.2. The molecular weight excluding hydrogens is 367 g/mol. The van der Waals surface area contributed by atoms with Gasteiger partial charge in [0.25, 0.3) is 5.91 Å². The van der Waals surface area contributed by atoms with Crippen molar-refractivity contribution in [1.82, 2.24) is 30.1 Å². The van der Waals surface area contributed by atoms with Gasteiger partial charge in [-0.2, -0.15) is 18.3 Å². The van der Waals surface area contributed by atoms with Gasteiger partial charge >= 0.3 is 6.18 Å². The molecule has 0 aromatic carbocycles. The molecule has 2 aliphatic heterocycles. The lowest BCUT2D eigenvalue weighted by molar-refractivity contribution is -0.171. The molecule has 0 bridgehead atoms. The van der Waals surface area contributed by atoms with E-state index in [1.54, 1.807) is 10.9 Å². The number of alkyl halides is 3. The van der Waals surface area contributed by atoms with Crippen LogP contribution in [0.1, 0.15) is 41.0 Å². The maximum Gasteiger partial charge on any atom is 0.410 e. The average molecular weight is 385 g/mol. The zero-order valence-corrected chi connectivity index (χ0v) is 14.2. The van der Waals surface area contributed by atoms with Gasteiger partial charge in [-0.05, 0) is 12.8 Å². The van der Waals surface area contributed by atoms with E-state index in [1.165, 1.54) is 0 Å². The Hall–Kier alpha value is -2.63. The molecule has 2 atom stereocenters. The minimum atomic E-state index is -4.42. The van der Waals surface area contributed by atoms with Gasteiger partial charge in [-0.3, -0.25) is 4.79 Å². The van der Waals surface area contributed by atoms with E-state index in [2.05, 4.69) is 26.0 Å². The van der Waals surface area contributed by atoms with Crippen molar-refractivity contribution in [2.75, 3.05) is 25.1 Å². The standard InChI is InChI=1S/C15H18F3N7O2/c16-15(17,18)12-1-3-19-13-11(6-21-25(12)13)14(26)20-5-9-7-24(23-22-9)10-2-4-27-8-10/h6-7,10,12,19H,1-5,8H2,(H,20,26). The van der Waals surface area contributed by atoms with Gasteiger partial charge in [0.05, 0.1) is 31.6 Å². The third kappa shape index (κ3) is 3.48. The second-order valence-corrected chi connectivity index (χ2v) is 6.51. The molecule has 12 heteroatoms. The zero-order chi connectivity index (χ0) is 19.0. The Balaban J connectivity index is 1.43. The highest BCUT2D eigenvalue weighted by atomic mass is 19.4. The van der Waals surface area contributed by atoms with Gasteiger partial charge in [0, 0.05) is 13.2 Å². The molecule has 27 heavy (non-hydrogen) atoms. The van der Waals surface area contributed by atoms with E-state index in [1.807, 2.05) is 0 Å². The number of carbonyl (C=O) groups excluding carboxylic acids is 1. The van der Waals surface area contributed by atoms with Crippen molar-refractivity contribution in [3.63, 3.8) is 0 Å². The summed E-state index contributed by atoms with van der Waals surface area (Å²) in [6.45, 7) is 1.48. The Morgan fingerprint density at radius 2 is 2.26 bits per heavy atom. The Morgan fingerprint density at radius 1 is 1.41 bits per heavy atom. The number of nitrogens with one attached hydrogen (secondary N) is 2. The fourth-order valence-electron chi connectivity index (χ4n) is 3.26. The van der Waals surface area contributed by atoms with Crippen molar-refractivity contribution in [2.45, 2.75) is 37.6 Å². The number of anilines is 1. The molecule has 2 aliphatic rings.